The van der Waals surface area contributed by atoms with Gasteiger partial charge in [-0.05, 0) is 42.4 Å². The van der Waals surface area contributed by atoms with Gasteiger partial charge in [0, 0.05) is 4.88 Å². The van der Waals surface area contributed by atoms with Crippen LogP contribution < -0.4 is 10.6 Å². The molecule has 0 atom stereocenters. The Hall–Kier alpha value is -2.67. The molecule has 1 aliphatic rings. The van der Waals surface area contributed by atoms with Crippen LogP contribution in [-0.2, 0) is 35.2 Å². The van der Waals surface area contributed by atoms with Crippen LogP contribution in [0.4, 0.5) is 9.80 Å². The molecule has 0 unspecified atom stereocenters. The second-order valence-corrected chi connectivity index (χ2v) is 7.51. The van der Waals surface area contributed by atoms with E-state index in [1.165, 1.54) is 24.0 Å². The zero-order valence-electron chi connectivity index (χ0n) is 15.4. The van der Waals surface area contributed by atoms with Crippen LogP contribution in [-0.4, -0.2) is 25.0 Å². The van der Waals surface area contributed by atoms with Crippen molar-refractivity contribution < 1.29 is 19.1 Å². The molecule has 1 aromatic carbocycles. The van der Waals surface area contributed by atoms with Crippen LogP contribution in [0.25, 0.3) is 0 Å². The van der Waals surface area contributed by atoms with E-state index < -0.39 is 12.0 Å². The molecule has 6 nitrogen and oxygen atoms in total. The van der Waals surface area contributed by atoms with E-state index in [0.717, 1.165) is 41.7 Å². The van der Waals surface area contributed by atoms with Crippen LogP contribution in [0.1, 0.15) is 45.3 Å². The fraction of sp³-hybridized carbons (Fsp3) is 0.350. The Labute approximate surface area is 161 Å². The van der Waals surface area contributed by atoms with E-state index in [-0.39, 0.29) is 12.3 Å². The molecule has 1 aliphatic carbocycles. The van der Waals surface area contributed by atoms with Gasteiger partial charge in [0.05, 0.1) is 19.1 Å². The quantitative estimate of drug-likeness (QED) is 0.824. The summed E-state index contributed by atoms with van der Waals surface area (Å²) < 4.78 is 4.50. The molecule has 0 saturated carbocycles. The first-order chi connectivity index (χ1) is 13.0. The number of amides is 3. The fourth-order valence-corrected chi connectivity index (χ4v) is 4.49. The normalized spacial score (nSPS) is 12.4. The second-order valence-electron chi connectivity index (χ2n) is 6.40. The zero-order valence-corrected chi connectivity index (χ0v) is 16.2. The third-order valence-electron chi connectivity index (χ3n) is 4.60. The Morgan fingerprint density at radius 2 is 1.81 bits per heavy atom. The number of carbonyl (C=O) groups excluding carboxylic acids is 3. The standard InChI is InChI=1S/C20H22N2O4S/c1-3-12-7-9-13(10-8-12)11-16(23)21-19-17(18(24)22-20(25)26-2)14-5-4-6-15(14)27-19/h7-10H,3-6,11H2,1-2H3,(H,21,23)(H,22,24,25). The van der Waals surface area contributed by atoms with Crippen LogP contribution in [0.15, 0.2) is 24.3 Å². The Morgan fingerprint density at radius 3 is 2.48 bits per heavy atom. The van der Waals surface area contributed by atoms with Gasteiger partial charge in [-0.15, -0.1) is 11.3 Å². The molecule has 3 rings (SSSR count). The molecule has 0 radical (unpaired) electrons. The third-order valence-corrected chi connectivity index (χ3v) is 5.81. The average Bonchev–Trinajstić information content (AvgIpc) is 3.22. The summed E-state index contributed by atoms with van der Waals surface area (Å²) in [5.41, 5.74) is 3.43. The Bertz CT molecular complexity index is 871. The molecule has 27 heavy (non-hydrogen) atoms. The molecule has 7 heteroatoms. The molecule has 1 aromatic heterocycles. The van der Waals surface area contributed by atoms with E-state index in [2.05, 4.69) is 22.3 Å². The molecule has 1 heterocycles. The summed E-state index contributed by atoms with van der Waals surface area (Å²) in [6.07, 6.45) is 2.98. The van der Waals surface area contributed by atoms with Gasteiger partial charge in [0.2, 0.25) is 5.91 Å². The van der Waals surface area contributed by atoms with Crippen LogP contribution in [0, 0.1) is 0 Å². The Balaban J connectivity index is 1.76. The Kier molecular flexibility index (Phi) is 5.91. The molecule has 0 fully saturated rings. The molecule has 0 aliphatic heterocycles. The highest BCUT2D eigenvalue weighted by molar-refractivity contribution is 7.17. The first-order valence-electron chi connectivity index (χ1n) is 8.93. The minimum Gasteiger partial charge on any atom is -0.453 e. The predicted molar refractivity (Wildman–Crippen MR) is 104 cm³/mol. The summed E-state index contributed by atoms with van der Waals surface area (Å²) in [7, 11) is 1.20. The van der Waals surface area contributed by atoms with E-state index in [0.29, 0.717) is 10.6 Å². The third kappa shape index (κ3) is 4.36. The number of aryl methyl sites for hydroxylation is 2. The van der Waals surface area contributed by atoms with Crippen molar-refractivity contribution in [1.29, 1.82) is 0 Å². The highest BCUT2D eigenvalue weighted by Gasteiger charge is 2.28. The number of benzene rings is 1. The number of nitrogens with one attached hydrogen (secondary N) is 2. The number of alkyl carbamates (subject to hydrolysis) is 1. The van der Waals surface area contributed by atoms with Crippen molar-refractivity contribution in [2.24, 2.45) is 0 Å². The molecule has 0 bridgehead atoms. The van der Waals surface area contributed by atoms with Gasteiger partial charge in [0.25, 0.3) is 5.91 Å². The first-order valence-corrected chi connectivity index (χ1v) is 9.75. The van der Waals surface area contributed by atoms with Gasteiger partial charge in [-0.1, -0.05) is 31.2 Å². The van der Waals surface area contributed by atoms with Crippen molar-refractivity contribution in [1.82, 2.24) is 5.32 Å². The highest BCUT2D eigenvalue weighted by atomic mass is 32.1. The molecule has 2 aromatic rings. The topological polar surface area (TPSA) is 84.5 Å². The number of ether oxygens (including phenoxy) is 1. The van der Waals surface area contributed by atoms with E-state index in [4.69, 9.17) is 0 Å². The molecule has 142 valence electrons. The van der Waals surface area contributed by atoms with Crippen LogP contribution in [0.5, 0.6) is 0 Å². The van der Waals surface area contributed by atoms with Gasteiger partial charge in [-0.25, -0.2) is 4.79 Å². The summed E-state index contributed by atoms with van der Waals surface area (Å²) in [6, 6.07) is 7.91. The number of hydrogen-bond donors (Lipinski definition) is 2. The number of rotatable bonds is 5. The first kappa shape index (κ1) is 19.1. The van der Waals surface area contributed by atoms with E-state index in [9.17, 15) is 14.4 Å². The summed E-state index contributed by atoms with van der Waals surface area (Å²) >= 11 is 1.41. The number of hydrogen-bond acceptors (Lipinski definition) is 5. The largest absolute Gasteiger partial charge is 0.453 e. The summed E-state index contributed by atoms with van der Waals surface area (Å²) in [5.74, 6) is -0.727. The second kappa shape index (κ2) is 8.35. The zero-order chi connectivity index (χ0) is 19.4. The van der Waals surface area contributed by atoms with Crippen molar-refractivity contribution in [3.8, 4) is 0 Å². The molecule has 0 saturated heterocycles. The number of methoxy groups -OCH3 is 1. The van der Waals surface area contributed by atoms with E-state index in [1.807, 2.05) is 24.3 Å². The average molecular weight is 386 g/mol. The van der Waals surface area contributed by atoms with E-state index >= 15 is 0 Å². The van der Waals surface area contributed by atoms with Crippen molar-refractivity contribution in [2.75, 3.05) is 12.4 Å². The Morgan fingerprint density at radius 1 is 1.11 bits per heavy atom. The lowest BCUT2D eigenvalue weighted by Crippen LogP contribution is -2.31. The van der Waals surface area contributed by atoms with Crippen LogP contribution in [0.2, 0.25) is 0 Å². The SMILES string of the molecule is CCc1ccc(CC(=O)Nc2sc3c(c2C(=O)NC(=O)OC)CCC3)cc1. The van der Waals surface area contributed by atoms with Gasteiger partial charge in [0.1, 0.15) is 5.00 Å². The number of thiophene rings is 1. The lowest BCUT2D eigenvalue weighted by atomic mass is 10.1. The molecule has 3 amide bonds. The molecule has 2 N–H and O–H groups in total. The van der Waals surface area contributed by atoms with Crippen molar-refractivity contribution in [3.63, 3.8) is 0 Å². The molecule has 0 spiro atoms. The lowest BCUT2D eigenvalue weighted by molar-refractivity contribution is -0.115. The smallest absolute Gasteiger partial charge is 0.413 e. The van der Waals surface area contributed by atoms with Crippen molar-refractivity contribution in [3.05, 3.63) is 51.4 Å². The van der Waals surface area contributed by atoms with Gasteiger partial charge < -0.3 is 10.1 Å². The van der Waals surface area contributed by atoms with Crippen LogP contribution >= 0.6 is 11.3 Å². The minimum absolute atomic E-state index is 0.189. The summed E-state index contributed by atoms with van der Waals surface area (Å²) in [4.78, 5) is 37.5. The summed E-state index contributed by atoms with van der Waals surface area (Å²) in [6.45, 7) is 2.08. The number of fused-ring (bicyclic) bond motifs is 1. The van der Waals surface area contributed by atoms with Gasteiger partial charge in [-0.2, -0.15) is 0 Å². The number of imide groups is 1. The van der Waals surface area contributed by atoms with Gasteiger partial charge in [-0.3, -0.25) is 14.9 Å². The monoisotopic (exact) mass is 386 g/mol. The van der Waals surface area contributed by atoms with Crippen molar-refractivity contribution >= 4 is 34.2 Å². The van der Waals surface area contributed by atoms with Crippen LogP contribution in [0.3, 0.4) is 0 Å². The maximum Gasteiger partial charge on any atom is 0.413 e. The molecular formula is C20H22N2O4S. The summed E-state index contributed by atoms with van der Waals surface area (Å²) in [5, 5.41) is 5.55. The highest BCUT2D eigenvalue weighted by Crippen LogP contribution is 2.39. The van der Waals surface area contributed by atoms with Gasteiger partial charge in [0.15, 0.2) is 0 Å². The van der Waals surface area contributed by atoms with Gasteiger partial charge >= 0.3 is 6.09 Å². The number of carbonyl (C=O) groups is 3. The fourth-order valence-electron chi connectivity index (χ4n) is 3.19. The predicted octanol–water partition coefficient (Wildman–Crippen LogP) is 3.48. The van der Waals surface area contributed by atoms with E-state index in [1.54, 1.807) is 0 Å². The number of anilines is 1. The minimum atomic E-state index is -0.814. The molecular weight excluding hydrogens is 364 g/mol. The maximum absolute atomic E-state index is 12.5. The maximum atomic E-state index is 12.5. The lowest BCUT2D eigenvalue weighted by Gasteiger charge is -2.09. The van der Waals surface area contributed by atoms with Crippen molar-refractivity contribution in [2.45, 2.75) is 39.0 Å².